The zero-order valence-corrected chi connectivity index (χ0v) is 13.5. The number of hydrogen-bond donors (Lipinski definition) is 2. The maximum absolute atomic E-state index is 12.2. The number of rotatable bonds is 7. The Hall–Kier alpha value is -1.56. The predicted molar refractivity (Wildman–Crippen MR) is 82.4 cm³/mol. The van der Waals surface area contributed by atoms with Crippen molar-refractivity contribution in [1.29, 1.82) is 0 Å². The first-order chi connectivity index (χ1) is 9.88. The lowest BCUT2D eigenvalue weighted by molar-refractivity contribution is 0.200. The normalized spacial score (nSPS) is 11.5. The number of amides is 2. The van der Waals surface area contributed by atoms with Crippen LogP contribution >= 0.6 is 0 Å². The van der Waals surface area contributed by atoms with Gasteiger partial charge < -0.3 is 14.5 Å². The second kappa shape index (κ2) is 8.02. The lowest BCUT2D eigenvalue weighted by atomic mass is 9.93. The molecule has 0 saturated carbocycles. The van der Waals surface area contributed by atoms with E-state index in [1.807, 2.05) is 20.8 Å². The Labute approximate surface area is 126 Å². The Kier molecular flexibility index (Phi) is 6.68. The number of nitrogens with zero attached hydrogens (tertiary/aromatic N) is 2. The number of aliphatic hydroxyl groups excluding tert-OH is 1. The van der Waals surface area contributed by atoms with Crippen molar-refractivity contribution in [3.63, 3.8) is 0 Å². The Morgan fingerprint density at radius 2 is 2.05 bits per heavy atom. The highest BCUT2D eigenvalue weighted by Gasteiger charge is 2.21. The number of anilines is 1. The Balaban J connectivity index is 2.65. The van der Waals surface area contributed by atoms with Crippen molar-refractivity contribution in [2.24, 2.45) is 0 Å². The maximum atomic E-state index is 12.2. The van der Waals surface area contributed by atoms with Gasteiger partial charge in [-0.3, -0.25) is 5.32 Å². The van der Waals surface area contributed by atoms with Crippen molar-refractivity contribution in [2.75, 3.05) is 25.0 Å². The summed E-state index contributed by atoms with van der Waals surface area (Å²) < 4.78 is 5.25. The number of carbonyl (C=O) groups is 1. The van der Waals surface area contributed by atoms with Crippen LogP contribution in [0.3, 0.4) is 0 Å². The standard InChI is InChI=1S/C15H27N3O3/c1-5-6-8-18(9-7-10-19)14(20)16-13-11-12(21-17-13)15(2,3)4/h11,19H,5-10H2,1-4H3,(H,16,17,20). The molecule has 0 radical (unpaired) electrons. The van der Waals surface area contributed by atoms with Crippen LogP contribution in [0.15, 0.2) is 10.6 Å². The third-order valence-electron chi connectivity index (χ3n) is 3.14. The van der Waals surface area contributed by atoms with Crippen LogP contribution in [0.5, 0.6) is 0 Å². The summed E-state index contributed by atoms with van der Waals surface area (Å²) in [5.41, 5.74) is -0.144. The molecule has 0 saturated heterocycles. The number of aliphatic hydroxyl groups is 1. The van der Waals surface area contributed by atoms with Crippen LogP contribution in [-0.2, 0) is 5.41 Å². The van der Waals surface area contributed by atoms with E-state index in [9.17, 15) is 4.79 Å². The quantitative estimate of drug-likeness (QED) is 0.811. The molecule has 1 rings (SSSR count). The van der Waals surface area contributed by atoms with Gasteiger partial charge in [0.25, 0.3) is 0 Å². The molecule has 2 amide bonds. The predicted octanol–water partition coefficient (Wildman–Crippen LogP) is 2.99. The molecule has 1 aromatic rings. The molecule has 21 heavy (non-hydrogen) atoms. The van der Waals surface area contributed by atoms with Gasteiger partial charge in [-0.2, -0.15) is 0 Å². The molecule has 0 aromatic carbocycles. The first kappa shape index (κ1) is 17.5. The SMILES string of the molecule is CCCCN(CCCO)C(=O)Nc1cc(C(C)(C)C)on1. The van der Waals surface area contributed by atoms with E-state index < -0.39 is 0 Å². The third-order valence-corrected chi connectivity index (χ3v) is 3.14. The molecule has 120 valence electrons. The van der Waals surface area contributed by atoms with Gasteiger partial charge in [-0.15, -0.1) is 0 Å². The smallest absolute Gasteiger partial charge is 0.323 e. The van der Waals surface area contributed by atoms with Crippen LogP contribution in [0.1, 0.15) is 52.7 Å². The van der Waals surface area contributed by atoms with Crippen LogP contribution < -0.4 is 5.32 Å². The van der Waals surface area contributed by atoms with Gasteiger partial charge in [-0.1, -0.05) is 39.3 Å². The Bertz CT molecular complexity index is 430. The minimum absolute atomic E-state index is 0.0774. The fourth-order valence-electron chi connectivity index (χ4n) is 1.80. The summed E-state index contributed by atoms with van der Waals surface area (Å²) in [5, 5.41) is 15.6. The Morgan fingerprint density at radius 1 is 1.38 bits per heavy atom. The van der Waals surface area contributed by atoms with Crippen molar-refractivity contribution in [3.05, 3.63) is 11.8 Å². The first-order valence-corrected chi connectivity index (χ1v) is 7.52. The van der Waals surface area contributed by atoms with E-state index in [2.05, 4.69) is 17.4 Å². The second-order valence-corrected chi connectivity index (χ2v) is 6.17. The molecule has 0 aliphatic heterocycles. The third kappa shape index (κ3) is 5.75. The van der Waals surface area contributed by atoms with E-state index in [1.165, 1.54) is 0 Å². The zero-order valence-electron chi connectivity index (χ0n) is 13.5. The first-order valence-electron chi connectivity index (χ1n) is 7.52. The van der Waals surface area contributed by atoms with Crippen molar-refractivity contribution in [1.82, 2.24) is 10.1 Å². The molecular weight excluding hydrogens is 270 g/mol. The van der Waals surface area contributed by atoms with E-state index in [4.69, 9.17) is 9.63 Å². The lowest BCUT2D eigenvalue weighted by Gasteiger charge is -2.21. The maximum Gasteiger partial charge on any atom is 0.323 e. The number of unbranched alkanes of at least 4 members (excludes halogenated alkanes) is 1. The van der Waals surface area contributed by atoms with Crippen LogP contribution in [0.4, 0.5) is 10.6 Å². The molecule has 1 heterocycles. The minimum Gasteiger partial charge on any atom is -0.396 e. The molecule has 1 aromatic heterocycles. The van der Waals surface area contributed by atoms with E-state index >= 15 is 0 Å². The molecule has 0 unspecified atom stereocenters. The molecule has 2 N–H and O–H groups in total. The highest BCUT2D eigenvalue weighted by Crippen LogP contribution is 2.24. The molecule has 0 aliphatic carbocycles. The van der Waals surface area contributed by atoms with Gasteiger partial charge in [0.2, 0.25) is 0 Å². The van der Waals surface area contributed by atoms with Gasteiger partial charge in [0.05, 0.1) is 0 Å². The van der Waals surface area contributed by atoms with E-state index in [0.29, 0.717) is 25.3 Å². The average Bonchev–Trinajstić information content (AvgIpc) is 2.87. The van der Waals surface area contributed by atoms with Gasteiger partial charge in [-0.25, -0.2) is 4.79 Å². The monoisotopic (exact) mass is 297 g/mol. The van der Waals surface area contributed by atoms with Gasteiger partial charge in [0.1, 0.15) is 5.76 Å². The van der Waals surface area contributed by atoms with Gasteiger partial charge in [0.15, 0.2) is 5.82 Å². The van der Waals surface area contributed by atoms with E-state index in [-0.39, 0.29) is 18.1 Å². The molecule has 0 fully saturated rings. The number of nitrogens with one attached hydrogen (secondary N) is 1. The van der Waals surface area contributed by atoms with Crippen molar-refractivity contribution < 1.29 is 14.4 Å². The van der Waals surface area contributed by atoms with Gasteiger partial charge >= 0.3 is 6.03 Å². The molecular formula is C15H27N3O3. The van der Waals surface area contributed by atoms with E-state index in [0.717, 1.165) is 18.6 Å². The van der Waals surface area contributed by atoms with Crippen LogP contribution in [0.2, 0.25) is 0 Å². The fourth-order valence-corrected chi connectivity index (χ4v) is 1.80. The number of hydrogen-bond acceptors (Lipinski definition) is 4. The molecule has 0 aliphatic rings. The number of aromatic nitrogens is 1. The molecule has 0 spiro atoms. The van der Waals surface area contributed by atoms with Gasteiger partial charge in [-0.05, 0) is 12.8 Å². The molecule has 6 nitrogen and oxygen atoms in total. The average molecular weight is 297 g/mol. The van der Waals surface area contributed by atoms with E-state index in [1.54, 1.807) is 11.0 Å². The topological polar surface area (TPSA) is 78.6 Å². The highest BCUT2D eigenvalue weighted by atomic mass is 16.5. The van der Waals surface area contributed by atoms with Crippen LogP contribution in [0, 0.1) is 0 Å². The van der Waals surface area contributed by atoms with Crippen molar-refractivity contribution in [2.45, 2.75) is 52.4 Å². The molecule has 0 atom stereocenters. The highest BCUT2D eigenvalue weighted by molar-refractivity contribution is 5.88. The number of carbonyl (C=O) groups excluding carboxylic acids is 1. The van der Waals surface area contributed by atoms with Gasteiger partial charge in [0, 0.05) is 31.2 Å². The van der Waals surface area contributed by atoms with Crippen LogP contribution in [-0.4, -0.2) is 40.9 Å². The summed E-state index contributed by atoms with van der Waals surface area (Å²) >= 11 is 0. The summed E-state index contributed by atoms with van der Waals surface area (Å²) in [7, 11) is 0. The fraction of sp³-hybridized carbons (Fsp3) is 0.733. The Morgan fingerprint density at radius 3 is 2.57 bits per heavy atom. The second-order valence-electron chi connectivity index (χ2n) is 6.17. The summed E-state index contributed by atoms with van der Waals surface area (Å²) in [4.78, 5) is 13.9. The summed E-state index contributed by atoms with van der Waals surface area (Å²) in [6, 6.07) is 1.55. The summed E-state index contributed by atoms with van der Waals surface area (Å²) in [6.45, 7) is 9.43. The minimum atomic E-state index is -0.203. The summed E-state index contributed by atoms with van der Waals surface area (Å²) in [5.74, 6) is 1.16. The lowest BCUT2D eigenvalue weighted by Crippen LogP contribution is -2.36. The van der Waals surface area contributed by atoms with Crippen LogP contribution in [0.25, 0.3) is 0 Å². The molecule has 6 heteroatoms. The zero-order chi connectivity index (χ0) is 15.9. The van der Waals surface area contributed by atoms with Crippen molar-refractivity contribution >= 4 is 11.8 Å². The summed E-state index contributed by atoms with van der Waals surface area (Å²) in [6.07, 6.45) is 2.52. The van der Waals surface area contributed by atoms with Crippen molar-refractivity contribution in [3.8, 4) is 0 Å². The number of urea groups is 1. The largest absolute Gasteiger partial charge is 0.396 e. The molecule has 0 bridgehead atoms.